The van der Waals surface area contributed by atoms with Gasteiger partial charge in [0.05, 0.1) is 17.5 Å². The first kappa shape index (κ1) is 17.3. The van der Waals surface area contributed by atoms with Gasteiger partial charge in [-0.25, -0.2) is 13.4 Å². The number of nitrogens with one attached hydrogen (secondary N) is 2. The highest BCUT2D eigenvalue weighted by Gasteiger charge is 2.12. The molecule has 0 aliphatic heterocycles. The van der Waals surface area contributed by atoms with E-state index in [0.29, 0.717) is 21.8 Å². The van der Waals surface area contributed by atoms with Crippen molar-refractivity contribution in [3.8, 4) is 0 Å². The average Bonchev–Trinajstić information content (AvgIpc) is 2.52. The lowest BCUT2D eigenvalue weighted by molar-refractivity contribution is 0.0947. The first-order valence-corrected chi connectivity index (χ1v) is 9.85. The summed E-state index contributed by atoms with van der Waals surface area (Å²) in [5, 5.41) is 3.43. The second-order valence-corrected chi connectivity index (χ2v) is 7.32. The number of hydrogen-bond donors (Lipinski definition) is 2. The topological polar surface area (TPSA) is 88.2 Å². The molecular weight excluding hydrogens is 334 g/mol. The Morgan fingerprint density at radius 1 is 1.22 bits per heavy atom. The number of carbonyl (C=O) groups is 1. The van der Waals surface area contributed by atoms with Gasteiger partial charge in [-0.2, -0.15) is 0 Å². The minimum atomic E-state index is -3.38. The predicted molar refractivity (Wildman–Crippen MR) is 92.1 cm³/mol. The first-order valence-electron chi connectivity index (χ1n) is 6.73. The number of hydrogen-bond acceptors (Lipinski definition) is 5. The Kier molecular flexibility index (Phi) is 5.62. The lowest BCUT2D eigenvalue weighted by atomic mass is 10.2. The molecule has 0 aliphatic rings. The summed E-state index contributed by atoms with van der Waals surface area (Å²) in [4.78, 5) is 16.4. The monoisotopic (exact) mass is 351 g/mol. The number of thioether (sulfide) groups is 1. The van der Waals surface area contributed by atoms with Gasteiger partial charge in [0.15, 0.2) is 0 Å². The van der Waals surface area contributed by atoms with E-state index in [0.717, 1.165) is 6.26 Å². The molecule has 0 saturated carbocycles. The first-order chi connectivity index (χ1) is 10.9. The molecule has 2 N–H and O–H groups in total. The molecule has 0 unspecified atom stereocenters. The van der Waals surface area contributed by atoms with E-state index in [1.807, 2.05) is 6.26 Å². The molecular formula is C15H17N3O3S2. The van der Waals surface area contributed by atoms with Crippen LogP contribution < -0.4 is 10.0 Å². The Balaban J connectivity index is 2.13. The molecule has 1 aromatic carbocycles. The van der Waals surface area contributed by atoms with Gasteiger partial charge in [0.1, 0.15) is 5.03 Å². The van der Waals surface area contributed by atoms with Crippen molar-refractivity contribution in [1.82, 2.24) is 10.3 Å². The molecule has 6 nitrogen and oxygen atoms in total. The molecule has 2 aromatic rings. The zero-order chi connectivity index (χ0) is 16.9. The molecule has 1 amide bonds. The van der Waals surface area contributed by atoms with Crippen molar-refractivity contribution in [2.45, 2.75) is 11.6 Å². The fraction of sp³-hybridized carbons (Fsp3) is 0.200. The highest BCUT2D eigenvalue weighted by Crippen LogP contribution is 2.18. The fourth-order valence-corrected chi connectivity index (χ4v) is 3.12. The van der Waals surface area contributed by atoms with Crippen molar-refractivity contribution in [1.29, 1.82) is 0 Å². The number of aromatic nitrogens is 1. The summed E-state index contributed by atoms with van der Waals surface area (Å²) < 4.78 is 25.2. The third-order valence-corrected chi connectivity index (χ3v) is 4.26. The van der Waals surface area contributed by atoms with E-state index in [-0.39, 0.29) is 12.5 Å². The molecule has 0 aliphatic carbocycles. The summed E-state index contributed by atoms with van der Waals surface area (Å²) in [6.07, 6.45) is 4.57. The van der Waals surface area contributed by atoms with Gasteiger partial charge in [-0.3, -0.25) is 9.52 Å². The Morgan fingerprint density at radius 2 is 1.96 bits per heavy atom. The lowest BCUT2D eigenvalue weighted by Crippen LogP contribution is -2.24. The lowest BCUT2D eigenvalue weighted by Gasteiger charge is -2.12. The van der Waals surface area contributed by atoms with E-state index in [1.54, 1.807) is 42.6 Å². The van der Waals surface area contributed by atoms with E-state index < -0.39 is 10.0 Å². The highest BCUT2D eigenvalue weighted by atomic mass is 32.2. The van der Waals surface area contributed by atoms with Crippen LogP contribution >= 0.6 is 11.8 Å². The van der Waals surface area contributed by atoms with E-state index in [1.165, 1.54) is 11.8 Å². The minimum absolute atomic E-state index is 0.209. The molecule has 23 heavy (non-hydrogen) atoms. The summed E-state index contributed by atoms with van der Waals surface area (Å²) in [5.74, 6) is -0.253. The SMILES string of the molecule is CSc1ncccc1C(=O)NCc1ccccc1NS(C)(=O)=O. The second-order valence-electron chi connectivity index (χ2n) is 4.77. The van der Waals surface area contributed by atoms with Gasteiger partial charge in [-0.1, -0.05) is 18.2 Å². The number of pyridine rings is 1. The second kappa shape index (κ2) is 7.47. The number of anilines is 1. The van der Waals surface area contributed by atoms with Crippen LogP contribution in [-0.2, 0) is 16.6 Å². The van der Waals surface area contributed by atoms with Crippen LogP contribution in [0, 0.1) is 0 Å². The quantitative estimate of drug-likeness (QED) is 0.778. The van der Waals surface area contributed by atoms with Crippen LogP contribution in [0.4, 0.5) is 5.69 Å². The third kappa shape index (κ3) is 4.97. The summed E-state index contributed by atoms with van der Waals surface area (Å²) in [7, 11) is -3.38. The van der Waals surface area contributed by atoms with Crippen molar-refractivity contribution in [3.05, 3.63) is 53.7 Å². The van der Waals surface area contributed by atoms with E-state index in [9.17, 15) is 13.2 Å². The van der Waals surface area contributed by atoms with Gasteiger partial charge in [0, 0.05) is 12.7 Å². The molecule has 1 aromatic heterocycles. The molecule has 0 spiro atoms. The summed E-state index contributed by atoms with van der Waals surface area (Å²) >= 11 is 1.39. The maximum Gasteiger partial charge on any atom is 0.254 e. The normalized spacial score (nSPS) is 11.0. The van der Waals surface area contributed by atoms with Crippen LogP contribution in [-0.4, -0.2) is 31.8 Å². The van der Waals surface area contributed by atoms with Gasteiger partial charge in [0.25, 0.3) is 5.91 Å². The number of nitrogens with zero attached hydrogens (tertiary/aromatic N) is 1. The van der Waals surface area contributed by atoms with Crippen LogP contribution in [0.1, 0.15) is 15.9 Å². The van der Waals surface area contributed by atoms with Gasteiger partial charge < -0.3 is 5.32 Å². The van der Waals surface area contributed by atoms with E-state index >= 15 is 0 Å². The van der Waals surface area contributed by atoms with Gasteiger partial charge in [-0.05, 0) is 30.0 Å². The smallest absolute Gasteiger partial charge is 0.254 e. The van der Waals surface area contributed by atoms with Crippen molar-refractivity contribution < 1.29 is 13.2 Å². The van der Waals surface area contributed by atoms with Crippen molar-refractivity contribution in [2.75, 3.05) is 17.2 Å². The standard InChI is InChI=1S/C15H17N3O3S2/c1-22-15-12(7-5-9-16-15)14(19)17-10-11-6-3-4-8-13(11)18-23(2,20)21/h3-9,18H,10H2,1-2H3,(H,17,19). The zero-order valence-electron chi connectivity index (χ0n) is 12.7. The highest BCUT2D eigenvalue weighted by molar-refractivity contribution is 7.98. The van der Waals surface area contributed by atoms with Gasteiger partial charge in [0.2, 0.25) is 10.0 Å². The Hall–Kier alpha value is -2.06. The molecule has 8 heteroatoms. The number of para-hydroxylation sites is 1. The minimum Gasteiger partial charge on any atom is -0.348 e. The fourth-order valence-electron chi connectivity index (χ4n) is 1.97. The van der Waals surface area contributed by atoms with E-state index in [4.69, 9.17) is 0 Å². The van der Waals surface area contributed by atoms with Crippen LogP contribution in [0.2, 0.25) is 0 Å². The number of amides is 1. The Morgan fingerprint density at radius 3 is 2.65 bits per heavy atom. The third-order valence-electron chi connectivity index (χ3n) is 2.96. The maximum atomic E-state index is 12.3. The molecule has 0 bridgehead atoms. The van der Waals surface area contributed by atoms with Crippen molar-refractivity contribution in [2.24, 2.45) is 0 Å². The summed E-state index contributed by atoms with van der Waals surface area (Å²) in [6.45, 7) is 0.209. The maximum absolute atomic E-state index is 12.3. The zero-order valence-corrected chi connectivity index (χ0v) is 14.4. The largest absolute Gasteiger partial charge is 0.348 e. The van der Waals surface area contributed by atoms with Crippen LogP contribution in [0.3, 0.4) is 0 Å². The van der Waals surface area contributed by atoms with Crippen molar-refractivity contribution in [3.63, 3.8) is 0 Å². The van der Waals surface area contributed by atoms with Crippen LogP contribution in [0.5, 0.6) is 0 Å². The van der Waals surface area contributed by atoms with Gasteiger partial charge >= 0.3 is 0 Å². The van der Waals surface area contributed by atoms with Crippen LogP contribution in [0.15, 0.2) is 47.6 Å². The Bertz CT molecular complexity index is 807. The predicted octanol–water partition coefficient (Wildman–Crippen LogP) is 2.10. The number of carbonyl (C=O) groups excluding carboxylic acids is 1. The summed E-state index contributed by atoms with van der Waals surface area (Å²) in [5.41, 5.74) is 1.63. The molecule has 0 saturated heterocycles. The summed E-state index contributed by atoms with van der Waals surface area (Å²) in [6, 6.07) is 10.3. The van der Waals surface area contributed by atoms with Gasteiger partial charge in [-0.15, -0.1) is 11.8 Å². The number of rotatable bonds is 6. The average molecular weight is 351 g/mol. The number of benzene rings is 1. The molecule has 0 fully saturated rings. The molecule has 122 valence electrons. The Labute approximate surface area is 139 Å². The molecule has 0 atom stereocenters. The number of sulfonamides is 1. The van der Waals surface area contributed by atoms with Crippen molar-refractivity contribution >= 4 is 33.4 Å². The van der Waals surface area contributed by atoms with Crippen LogP contribution in [0.25, 0.3) is 0 Å². The molecule has 1 heterocycles. The van der Waals surface area contributed by atoms with E-state index in [2.05, 4.69) is 15.0 Å². The molecule has 2 rings (SSSR count). The molecule has 0 radical (unpaired) electrons.